The Balaban J connectivity index is 1.60. The van der Waals surface area contributed by atoms with Crippen molar-refractivity contribution in [3.05, 3.63) is 125 Å². The van der Waals surface area contributed by atoms with E-state index < -0.39 is 16.1 Å². The van der Waals surface area contributed by atoms with Crippen molar-refractivity contribution >= 4 is 10.0 Å². The van der Waals surface area contributed by atoms with Gasteiger partial charge in [0.05, 0.1) is 17.0 Å². The molecular formula is C30H34N2O2S. The lowest BCUT2D eigenvalue weighted by atomic mass is 9.93. The van der Waals surface area contributed by atoms with Crippen molar-refractivity contribution in [3.8, 4) is 0 Å². The fourth-order valence-electron chi connectivity index (χ4n) is 4.46. The number of allylic oxidation sites excluding steroid dienone is 4. The van der Waals surface area contributed by atoms with Gasteiger partial charge in [-0.15, -0.1) is 0 Å². The summed E-state index contributed by atoms with van der Waals surface area (Å²) >= 11 is 0. The van der Waals surface area contributed by atoms with Crippen molar-refractivity contribution in [1.29, 1.82) is 0 Å². The molecule has 5 heteroatoms. The lowest BCUT2D eigenvalue weighted by molar-refractivity contribution is 0.420. The highest BCUT2D eigenvalue weighted by molar-refractivity contribution is 7.89. The number of aryl methyl sites for hydroxylation is 1. The fourth-order valence-corrected chi connectivity index (χ4v) is 5.69. The van der Waals surface area contributed by atoms with Crippen molar-refractivity contribution < 1.29 is 8.42 Å². The highest BCUT2D eigenvalue weighted by Gasteiger charge is 2.29. The Morgan fingerprint density at radius 3 is 2.03 bits per heavy atom. The third kappa shape index (κ3) is 7.01. The molecule has 0 saturated heterocycles. The number of nitrogens with one attached hydrogen (secondary N) is 2. The first-order valence-corrected chi connectivity index (χ1v) is 13.8. The minimum Gasteiger partial charge on any atom is -0.308 e. The van der Waals surface area contributed by atoms with Crippen LogP contribution in [-0.2, 0) is 10.0 Å². The summed E-state index contributed by atoms with van der Waals surface area (Å²) in [6.07, 6.45) is 10.9. The van der Waals surface area contributed by atoms with Crippen LogP contribution in [-0.4, -0.2) is 15.0 Å². The van der Waals surface area contributed by atoms with Crippen molar-refractivity contribution in [2.75, 3.05) is 6.54 Å². The van der Waals surface area contributed by atoms with Crippen LogP contribution < -0.4 is 10.0 Å². The summed E-state index contributed by atoms with van der Waals surface area (Å²) in [5.74, 6) is 0. The van der Waals surface area contributed by atoms with Crippen molar-refractivity contribution in [3.63, 3.8) is 0 Å². The Kier molecular flexibility index (Phi) is 8.69. The molecule has 0 amide bonds. The Morgan fingerprint density at radius 1 is 0.800 bits per heavy atom. The number of benzene rings is 3. The molecule has 1 aliphatic carbocycles. The minimum absolute atomic E-state index is 0.223. The average molecular weight is 487 g/mol. The van der Waals surface area contributed by atoms with Gasteiger partial charge < -0.3 is 5.32 Å². The van der Waals surface area contributed by atoms with Crippen LogP contribution in [0.2, 0.25) is 0 Å². The Morgan fingerprint density at radius 2 is 1.43 bits per heavy atom. The van der Waals surface area contributed by atoms with Gasteiger partial charge in [-0.25, -0.2) is 13.1 Å². The van der Waals surface area contributed by atoms with E-state index in [0.717, 1.165) is 48.9 Å². The number of hydrogen-bond donors (Lipinski definition) is 2. The average Bonchev–Trinajstić information content (AvgIpc) is 2.89. The SMILES string of the molecule is Cc1ccc(S(=O)(=O)NC(c2ccccc2)[C@H](NCCCC2=CCC=CC2)c2ccccc2)cc1. The number of rotatable bonds is 11. The molecule has 4 rings (SSSR count). The fraction of sp³-hybridized carbons (Fsp3) is 0.267. The second kappa shape index (κ2) is 12.1. The monoisotopic (exact) mass is 486 g/mol. The summed E-state index contributed by atoms with van der Waals surface area (Å²) in [7, 11) is -3.73. The van der Waals surface area contributed by atoms with E-state index in [-0.39, 0.29) is 10.9 Å². The predicted octanol–water partition coefficient (Wildman–Crippen LogP) is 6.40. The molecule has 1 unspecified atom stereocenters. The second-order valence-corrected chi connectivity index (χ2v) is 10.8. The Labute approximate surface area is 209 Å². The highest BCUT2D eigenvalue weighted by Crippen LogP contribution is 2.31. The molecule has 1 aliphatic rings. The zero-order valence-electron chi connectivity index (χ0n) is 20.2. The molecule has 0 saturated carbocycles. The molecule has 0 aromatic heterocycles. The van der Waals surface area contributed by atoms with Crippen LogP contribution in [0.1, 0.15) is 54.5 Å². The maximum atomic E-state index is 13.4. The van der Waals surface area contributed by atoms with Crippen LogP contribution in [0.15, 0.2) is 114 Å². The summed E-state index contributed by atoms with van der Waals surface area (Å²) in [6.45, 7) is 2.74. The zero-order valence-corrected chi connectivity index (χ0v) is 21.0. The van der Waals surface area contributed by atoms with Gasteiger partial charge in [0.2, 0.25) is 10.0 Å². The lowest BCUT2D eigenvalue weighted by Gasteiger charge is -2.30. The summed E-state index contributed by atoms with van der Waals surface area (Å²) in [5, 5.41) is 3.69. The maximum Gasteiger partial charge on any atom is 0.241 e. The van der Waals surface area contributed by atoms with Crippen molar-refractivity contribution in [1.82, 2.24) is 10.0 Å². The second-order valence-electron chi connectivity index (χ2n) is 9.04. The van der Waals surface area contributed by atoms with Crippen molar-refractivity contribution in [2.45, 2.75) is 49.6 Å². The quantitative estimate of drug-likeness (QED) is 0.243. The maximum absolute atomic E-state index is 13.4. The van der Waals surface area contributed by atoms with Crippen LogP contribution in [0.5, 0.6) is 0 Å². The summed E-state index contributed by atoms with van der Waals surface area (Å²) in [4.78, 5) is 0.271. The summed E-state index contributed by atoms with van der Waals surface area (Å²) in [6, 6.07) is 26.2. The predicted molar refractivity (Wildman–Crippen MR) is 144 cm³/mol. The van der Waals surface area contributed by atoms with Gasteiger partial charge in [-0.1, -0.05) is 102 Å². The van der Waals surface area contributed by atoms with Crippen molar-refractivity contribution in [2.24, 2.45) is 0 Å². The van der Waals surface area contributed by atoms with E-state index in [4.69, 9.17) is 0 Å². The number of hydrogen-bond acceptors (Lipinski definition) is 3. The molecule has 0 heterocycles. The first kappa shape index (κ1) is 25.1. The molecule has 0 aliphatic heterocycles. The molecule has 35 heavy (non-hydrogen) atoms. The van der Waals surface area contributed by atoms with E-state index in [1.165, 1.54) is 5.57 Å². The first-order chi connectivity index (χ1) is 17.0. The van der Waals surface area contributed by atoms with Crippen LogP contribution in [0.3, 0.4) is 0 Å². The smallest absolute Gasteiger partial charge is 0.241 e. The lowest BCUT2D eigenvalue weighted by Crippen LogP contribution is -2.39. The minimum atomic E-state index is -3.73. The summed E-state index contributed by atoms with van der Waals surface area (Å²) in [5.41, 5.74) is 4.47. The van der Waals surface area contributed by atoms with E-state index in [2.05, 4.69) is 40.4 Å². The van der Waals surface area contributed by atoms with E-state index in [1.807, 2.05) is 67.6 Å². The van der Waals surface area contributed by atoms with Gasteiger partial charge in [-0.3, -0.25) is 0 Å². The Hall–Kier alpha value is -2.99. The topological polar surface area (TPSA) is 58.2 Å². The molecule has 3 aromatic rings. The molecular weight excluding hydrogens is 452 g/mol. The van der Waals surface area contributed by atoms with Gasteiger partial charge in [0.25, 0.3) is 0 Å². The standard InChI is InChI=1S/C30H34N2O2S/c1-24-19-21-28(22-20-24)35(33,34)32-30(27-17-9-4-10-18-27)29(26-15-7-3-8-16-26)31-23-11-14-25-12-5-2-6-13-25/h2-5,7-10,13,15-22,29-32H,6,11-12,14,23H2,1H3/t29-,30?/m1/s1. The third-order valence-electron chi connectivity index (χ3n) is 6.39. The molecule has 0 bridgehead atoms. The largest absolute Gasteiger partial charge is 0.308 e. The van der Waals surface area contributed by atoms with E-state index in [9.17, 15) is 8.42 Å². The molecule has 0 spiro atoms. The van der Waals surface area contributed by atoms with Crippen LogP contribution in [0.4, 0.5) is 0 Å². The van der Waals surface area contributed by atoms with E-state index >= 15 is 0 Å². The Bertz CT molecular complexity index is 1230. The third-order valence-corrected chi connectivity index (χ3v) is 7.85. The summed E-state index contributed by atoms with van der Waals surface area (Å²) < 4.78 is 29.9. The van der Waals surface area contributed by atoms with Gasteiger partial charge in [-0.05, 0) is 62.4 Å². The molecule has 3 aromatic carbocycles. The molecule has 182 valence electrons. The zero-order chi connectivity index (χ0) is 24.5. The van der Waals surface area contributed by atoms with Crippen LogP contribution in [0.25, 0.3) is 0 Å². The number of sulfonamides is 1. The van der Waals surface area contributed by atoms with Crippen LogP contribution >= 0.6 is 0 Å². The molecule has 2 N–H and O–H groups in total. The van der Waals surface area contributed by atoms with Gasteiger partial charge in [-0.2, -0.15) is 0 Å². The first-order valence-electron chi connectivity index (χ1n) is 12.3. The van der Waals surface area contributed by atoms with Gasteiger partial charge in [0, 0.05) is 0 Å². The van der Waals surface area contributed by atoms with E-state index in [0.29, 0.717) is 0 Å². The normalized spacial score (nSPS) is 15.4. The van der Waals surface area contributed by atoms with Gasteiger partial charge in [0.1, 0.15) is 0 Å². The van der Waals surface area contributed by atoms with E-state index in [1.54, 1.807) is 12.1 Å². The molecule has 0 fully saturated rings. The molecule has 4 nitrogen and oxygen atoms in total. The van der Waals surface area contributed by atoms with Gasteiger partial charge >= 0.3 is 0 Å². The highest BCUT2D eigenvalue weighted by atomic mass is 32.2. The molecule has 2 atom stereocenters. The molecule has 0 radical (unpaired) electrons. The van der Waals surface area contributed by atoms with Crippen LogP contribution in [0, 0.1) is 6.92 Å². The van der Waals surface area contributed by atoms with Gasteiger partial charge in [0.15, 0.2) is 0 Å².